The van der Waals surface area contributed by atoms with Crippen LogP contribution in [0, 0.1) is 6.92 Å². The molecule has 86 valence electrons. The number of aromatic nitrogens is 2. The highest BCUT2D eigenvalue weighted by Crippen LogP contribution is 1.94. The van der Waals surface area contributed by atoms with Crippen molar-refractivity contribution in [2.75, 3.05) is 19.8 Å². The second-order valence-electron chi connectivity index (χ2n) is 3.17. The summed E-state index contributed by atoms with van der Waals surface area (Å²) in [5.41, 5.74) is 0. The van der Waals surface area contributed by atoms with Crippen molar-refractivity contribution in [2.24, 2.45) is 0 Å². The molecule has 0 saturated heterocycles. The fraction of sp³-hybridized carbons (Fsp3) is 0.778. The molecule has 0 aliphatic rings. The Balaban J connectivity index is 2.10. The Morgan fingerprint density at radius 2 is 2.40 bits per heavy atom. The molecular weight excluding hydrogens is 198 g/mol. The molecule has 6 nitrogen and oxygen atoms in total. The molecule has 2 N–H and O–H groups in total. The minimum absolute atomic E-state index is 0.342. The van der Waals surface area contributed by atoms with Gasteiger partial charge in [-0.1, -0.05) is 5.16 Å². The number of aryl methyl sites for hydroxylation is 1. The Kier molecular flexibility index (Phi) is 5.23. The van der Waals surface area contributed by atoms with Gasteiger partial charge in [0.15, 0.2) is 5.82 Å². The molecule has 0 aliphatic carbocycles. The third-order valence-electron chi connectivity index (χ3n) is 1.75. The molecule has 0 spiro atoms. The van der Waals surface area contributed by atoms with Crippen LogP contribution in [-0.2, 0) is 11.3 Å². The lowest BCUT2D eigenvalue weighted by Gasteiger charge is -2.10. The SMILES string of the molecule is CCOCC(O)CNCc1noc(C)n1. The van der Waals surface area contributed by atoms with Crippen molar-refractivity contribution in [3.05, 3.63) is 11.7 Å². The summed E-state index contributed by atoms with van der Waals surface area (Å²) in [5.74, 6) is 1.14. The summed E-state index contributed by atoms with van der Waals surface area (Å²) in [7, 11) is 0. The van der Waals surface area contributed by atoms with Gasteiger partial charge in [0.2, 0.25) is 5.89 Å². The van der Waals surface area contributed by atoms with Crippen LogP contribution in [0.4, 0.5) is 0 Å². The minimum Gasteiger partial charge on any atom is -0.389 e. The highest BCUT2D eigenvalue weighted by Gasteiger charge is 2.05. The second-order valence-corrected chi connectivity index (χ2v) is 3.17. The molecule has 0 aliphatic heterocycles. The van der Waals surface area contributed by atoms with Gasteiger partial charge in [-0.3, -0.25) is 0 Å². The van der Waals surface area contributed by atoms with Crippen molar-refractivity contribution < 1.29 is 14.4 Å². The summed E-state index contributed by atoms with van der Waals surface area (Å²) in [4.78, 5) is 4.02. The largest absolute Gasteiger partial charge is 0.389 e. The van der Waals surface area contributed by atoms with Gasteiger partial charge in [0.05, 0.1) is 19.3 Å². The highest BCUT2D eigenvalue weighted by atomic mass is 16.5. The first-order valence-electron chi connectivity index (χ1n) is 4.98. The van der Waals surface area contributed by atoms with Crippen LogP contribution in [0.15, 0.2) is 4.52 Å². The zero-order valence-electron chi connectivity index (χ0n) is 9.06. The van der Waals surface area contributed by atoms with Crippen molar-refractivity contribution in [2.45, 2.75) is 26.5 Å². The summed E-state index contributed by atoms with van der Waals surface area (Å²) in [6, 6.07) is 0. The standard InChI is InChI=1S/C9H17N3O3/c1-3-14-6-8(13)4-10-5-9-11-7(2)15-12-9/h8,10,13H,3-6H2,1-2H3. The zero-order valence-corrected chi connectivity index (χ0v) is 9.06. The van der Waals surface area contributed by atoms with Crippen LogP contribution >= 0.6 is 0 Å². The van der Waals surface area contributed by atoms with Crippen molar-refractivity contribution in [3.8, 4) is 0 Å². The lowest BCUT2D eigenvalue weighted by atomic mass is 10.4. The average Bonchev–Trinajstić information content (AvgIpc) is 2.61. The number of aliphatic hydroxyl groups excluding tert-OH is 1. The third-order valence-corrected chi connectivity index (χ3v) is 1.75. The summed E-state index contributed by atoms with van der Waals surface area (Å²) < 4.78 is 9.86. The van der Waals surface area contributed by atoms with Crippen LogP contribution in [0.1, 0.15) is 18.6 Å². The molecule has 0 bridgehead atoms. The molecule has 0 aromatic carbocycles. The van der Waals surface area contributed by atoms with Crippen molar-refractivity contribution in [1.82, 2.24) is 15.5 Å². The molecule has 1 rings (SSSR count). The van der Waals surface area contributed by atoms with E-state index in [4.69, 9.17) is 9.26 Å². The van der Waals surface area contributed by atoms with Gasteiger partial charge in [-0.2, -0.15) is 4.98 Å². The van der Waals surface area contributed by atoms with E-state index in [1.807, 2.05) is 6.92 Å². The Morgan fingerprint density at radius 3 is 3.00 bits per heavy atom. The number of aliphatic hydroxyl groups is 1. The fourth-order valence-corrected chi connectivity index (χ4v) is 1.08. The molecule has 1 aromatic heterocycles. The van der Waals surface area contributed by atoms with Gasteiger partial charge in [-0.15, -0.1) is 0 Å². The first kappa shape index (κ1) is 12.1. The van der Waals surface area contributed by atoms with Gasteiger partial charge in [-0.25, -0.2) is 0 Å². The maximum Gasteiger partial charge on any atom is 0.223 e. The maximum absolute atomic E-state index is 9.41. The first-order valence-corrected chi connectivity index (χ1v) is 4.98. The molecular formula is C9H17N3O3. The lowest BCUT2D eigenvalue weighted by molar-refractivity contribution is 0.0426. The van der Waals surface area contributed by atoms with Gasteiger partial charge >= 0.3 is 0 Å². The zero-order chi connectivity index (χ0) is 11.1. The topological polar surface area (TPSA) is 80.4 Å². The quantitative estimate of drug-likeness (QED) is 0.659. The van der Waals surface area contributed by atoms with Crippen LogP contribution in [0.2, 0.25) is 0 Å². The summed E-state index contributed by atoms with van der Waals surface area (Å²) >= 11 is 0. The summed E-state index contributed by atoms with van der Waals surface area (Å²) in [5, 5.41) is 16.1. The van der Waals surface area contributed by atoms with Crippen LogP contribution in [0.3, 0.4) is 0 Å². The number of hydrogen-bond acceptors (Lipinski definition) is 6. The number of ether oxygens (including phenoxy) is 1. The smallest absolute Gasteiger partial charge is 0.223 e. The fourth-order valence-electron chi connectivity index (χ4n) is 1.08. The Bertz CT molecular complexity index is 277. The van der Waals surface area contributed by atoms with Crippen molar-refractivity contribution in [1.29, 1.82) is 0 Å². The lowest BCUT2D eigenvalue weighted by Crippen LogP contribution is -2.30. The molecule has 1 aromatic rings. The predicted molar refractivity (Wildman–Crippen MR) is 53.2 cm³/mol. The van der Waals surface area contributed by atoms with E-state index in [1.165, 1.54) is 0 Å². The van der Waals surface area contributed by atoms with E-state index < -0.39 is 6.10 Å². The van der Waals surface area contributed by atoms with Gasteiger partial charge in [0.1, 0.15) is 0 Å². The van der Waals surface area contributed by atoms with E-state index >= 15 is 0 Å². The molecule has 1 atom stereocenters. The number of nitrogens with zero attached hydrogens (tertiary/aromatic N) is 2. The Hall–Kier alpha value is -0.980. The number of rotatable bonds is 7. The monoisotopic (exact) mass is 215 g/mol. The number of hydrogen-bond donors (Lipinski definition) is 2. The van der Waals surface area contributed by atoms with E-state index in [-0.39, 0.29) is 0 Å². The number of nitrogens with one attached hydrogen (secondary N) is 1. The molecule has 0 radical (unpaired) electrons. The molecule has 1 unspecified atom stereocenters. The van der Waals surface area contributed by atoms with Crippen molar-refractivity contribution >= 4 is 0 Å². The van der Waals surface area contributed by atoms with Crippen molar-refractivity contribution in [3.63, 3.8) is 0 Å². The normalized spacial score (nSPS) is 13.0. The van der Waals surface area contributed by atoms with E-state index in [9.17, 15) is 5.11 Å². The third kappa shape index (κ3) is 4.87. The van der Waals surface area contributed by atoms with E-state index in [0.29, 0.717) is 38.0 Å². The first-order chi connectivity index (χ1) is 7.22. The van der Waals surface area contributed by atoms with E-state index in [0.717, 1.165) is 0 Å². The van der Waals surface area contributed by atoms with Crippen LogP contribution in [-0.4, -0.2) is 41.1 Å². The maximum atomic E-state index is 9.41. The van der Waals surface area contributed by atoms with Crippen LogP contribution in [0.25, 0.3) is 0 Å². The van der Waals surface area contributed by atoms with E-state index in [2.05, 4.69) is 15.5 Å². The summed E-state index contributed by atoms with van der Waals surface area (Å²) in [6.07, 6.45) is -0.502. The average molecular weight is 215 g/mol. The van der Waals surface area contributed by atoms with Gasteiger partial charge in [0.25, 0.3) is 0 Å². The molecule has 0 saturated carbocycles. The second kappa shape index (κ2) is 6.49. The Morgan fingerprint density at radius 1 is 1.60 bits per heavy atom. The molecule has 1 heterocycles. The molecule has 0 amide bonds. The molecule has 0 fully saturated rings. The van der Waals surface area contributed by atoms with E-state index in [1.54, 1.807) is 6.92 Å². The predicted octanol–water partition coefficient (Wildman–Crippen LogP) is -0.135. The Labute approximate surface area is 88.6 Å². The van der Waals surface area contributed by atoms with Gasteiger partial charge < -0.3 is 19.7 Å². The van der Waals surface area contributed by atoms with Crippen LogP contribution in [0.5, 0.6) is 0 Å². The van der Waals surface area contributed by atoms with Gasteiger partial charge in [0, 0.05) is 20.1 Å². The molecule has 15 heavy (non-hydrogen) atoms. The summed E-state index contributed by atoms with van der Waals surface area (Å²) in [6.45, 7) is 5.52. The van der Waals surface area contributed by atoms with Crippen LogP contribution < -0.4 is 5.32 Å². The van der Waals surface area contributed by atoms with Gasteiger partial charge in [-0.05, 0) is 6.92 Å². The highest BCUT2D eigenvalue weighted by molar-refractivity contribution is 4.82. The minimum atomic E-state index is -0.502. The molecule has 6 heteroatoms.